The third-order valence-corrected chi connectivity index (χ3v) is 1.91. The number of aryl methyl sites for hydroxylation is 1. The lowest BCUT2D eigenvalue weighted by atomic mass is 10.2. The first-order chi connectivity index (χ1) is 7.81. The molecular weight excluding hydrogens is 207 g/mol. The topological polar surface area (TPSA) is 52.3 Å². The molecule has 0 aliphatic heterocycles. The van der Waals surface area contributed by atoms with Gasteiger partial charge in [-0.1, -0.05) is 13.0 Å². The number of aromatic nitrogens is 1. The van der Waals surface area contributed by atoms with Crippen molar-refractivity contribution in [3.05, 3.63) is 36.2 Å². The summed E-state index contributed by atoms with van der Waals surface area (Å²) in [5.41, 5.74) is 1.08. The fraction of sp³-hybridized carbons (Fsp3) is 0.182. The van der Waals surface area contributed by atoms with E-state index in [2.05, 4.69) is 10.1 Å². The zero-order valence-corrected chi connectivity index (χ0v) is 8.84. The van der Waals surface area contributed by atoms with Crippen LogP contribution in [0.25, 0.3) is 0 Å². The second-order valence-corrected chi connectivity index (χ2v) is 2.88. The molecule has 1 heterocycles. The zero-order chi connectivity index (χ0) is 11.8. The maximum Gasteiger partial charge on any atom is 0.195 e. The van der Waals surface area contributed by atoms with E-state index in [0.29, 0.717) is 5.82 Å². The molecule has 4 nitrogen and oxygen atoms in total. The van der Waals surface area contributed by atoms with Gasteiger partial charge in [-0.05, 0) is 18.1 Å². The maximum atomic E-state index is 12.0. The zero-order valence-electron chi connectivity index (χ0n) is 8.84. The first-order valence-electron chi connectivity index (χ1n) is 4.75. The summed E-state index contributed by atoms with van der Waals surface area (Å²) in [5.74, 6) is 0.456. The van der Waals surface area contributed by atoms with Crippen LogP contribution in [0.5, 0.6) is 0 Å². The lowest BCUT2D eigenvalue weighted by Gasteiger charge is -2.11. The van der Waals surface area contributed by atoms with Crippen LogP contribution in [0.3, 0.4) is 0 Å². The summed E-state index contributed by atoms with van der Waals surface area (Å²) in [6.45, 7) is 2.17. The van der Waals surface area contributed by atoms with Gasteiger partial charge in [0.1, 0.15) is 0 Å². The van der Waals surface area contributed by atoms with Crippen LogP contribution in [-0.4, -0.2) is 11.5 Å². The van der Waals surface area contributed by atoms with Crippen molar-refractivity contribution in [1.29, 1.82) is 5.26 Å². The van der Waals surface area contributed by atoms with Crippen LogP contribution in [0.15, 0.2) is 35.7 Å². The van der Waals surface area contributed by atoms with E-state index in [1.807, 2.05) is 13.0 Å². The third kappa shape index (κ3) is 3.17. The molecule has 0 saturated carbocycles. The number of hydrazone groups is 1. The van der Waals surface area contributed by atoms with Crippen LogP contribution in [0.1, 0.15) is 12.5 Å². The molecular formula is C11H11FN4. The van der Waals surface area contributed by atoms with Crippen molar-refractivity contribution in [1.82, 2.24) is 4.98 Å². The number of hydrogen-bond donors (Lipinski definition) is 0. The normalized spacial score (nSPS) is 10.8. The van der Waals surface area contributed by atoms with E-state index in [1.54, 1.807) is 18.3 Å². The highest BCUT2D eigenvalue weighted by Crippen LogP contribution is 2.12. The summed E-state index contributed by atoms with van der Waals surface area (Å²) in [7, 11) is 0. The van der Waals surface area contributed by atoms with Crippen molar-refractivity contribution in [2.75, 3.05) is 5.01 Å². The van der Waals surface area contributed by atoms with E-state index in [0.717, 1.165) is 12.0 Å². The Morgan fingerprint density at radius 1 is 1.62 bits per heavy atom. The Balaban J connectivity index is 2.93. The highest BCUT2D eigenvalue weighted by atomic mass is 19.1. The van der Waals surface area contributed by atoms with Crippen molar-refractivity contribution in [3.63, 3.8) is 0 Å². The van der Waals surface area contributed by atoms with Crippen molar-refractivity contribution in [2.45, 2.75) is 13.3 Å². The van der Waals surface area contributed by atoms with Gasteiger partial charge in [-0.15, -0.1) is 5.10 Å². The summed E-state index contributed by atoms with van der Waals surface area (Å²) < 4.78 is 12.0. The van der Waals surface area contributed by atoms with Crippen LogP contribution in [0.2, 0.25) is 0 Å². The lowest BCUT2D eigenvalue weighted by Crippen LogP contribution is -2.08. The van der Waals surface area contributed by atoms with Gasteiger partial charge in [0.05, 0.1) is 6.07 Å². The standard InChI is InChI=1S/C11H11FN4/c1-2-10-4-5-11(14-8-10)16(15-9-12)7-3-6-13/h3-5,7-9H,2H2,1H3/b7-3+,15-9-. The molecule has 0 N–H and O–H groups in total. The first-order valence-corrected chi connectivity index (χ1v) is 4.75. The van der Waals surface area contributed by atoms with Gasteiger partial charge >= 0.3 is 0 Å². The number of nitrogens with zero attached hydrogens (tertiary/aromatic N) is 4. The van der Waals surface area contributed by atoms with Gasteiger partial charge < -0.3 is 0 Å². The van der Waals surface area contributed by atoms with Crippen LogP contribution in [0, 0.1) is 11.3 Å². The molecule has 16 heavy (non-hydrogen) atoms. The number of allylic oxidation sites excluding steroid dienone is 1. The average Bonchev–Trinajstić information content (AvgIpc) is 2.35. The highest BCUT2D eigenvalue weighted by Gasteiger charge is 2.01. The third-order valence-electron chi connectivity index (χ3n) is 1.91. The van der Waals surface area contributed by atoms with Gasteiger partial charge in [0, 0.05) is 18.5 Å². The van der Waals surface area contributed by atoms with Crippen LogP contribution >= 0.6 is 0 Å². The van der Waals surface area contributed by atoms with E-state index in [1.165, 1.54) is 17.3 Å². The Bertz CT molecular complexity index is 417. The molecule has 0 spiro atoms. The van der Waals surface area contributed by atoms with Gasteiger partial charge in [-0.3, -0.25) is 0 Å². The molecule has 0 aliphatic rings. The van der Waals surface area contributed by atoms with E-state index in [-0.39, 0.29) is 6.47 Å². The molecule has 0 aliphatic carbocycles. The maximum absolute atomic E-state index is 12.0. The minimum Gasteiger partial charge on any atom is -0.237 e. The predicted molar refractivity (Wildman–Crippen MR) is 60.4 cm³/mol. The largest absolute Gasteiger partial charge is 0.237 e. The highest BCUT2D eigenvalue weighted by molar-refractivity contribution is 5.51. The Kier molecular flexibility index (Phi) is 4.67. The quantitative estimate of drug-likeness (QED) is 0.443. The Morgan fingerprint density at radius 2 is 2.44 bits per heavy atom. The first kappa shape index (κ1) is 11.9. The molecule has 0 atom stereocenters. The van der Waals surface area contributed by atoms with Gasteiger partial charge in [-0.2, -0.15) is 9.65 Å². The van der Waals surface area contributed by atoms with E-state index in [9.17, 15) is 4.39 Å². The number of rotatable bonds is 4. The molecule has 1 aromatic heterocycles. The van der Waals surface area contributed by atoms with Crippen molar-refractivity contribution in [2.24, 2.45) is 5.10 Å². The molecule has 1 aromatic rings. The summed E-state index contributed by atoms with van der Waals surface area (Å²) >= 11 is 0. The minimum absolute atomic E-state index is 0.150. The summed E-state index contributed by atoms with van der Waals surface area (Å²) in [5, 5.41) is 13.0. The number of anilines is 1. The van der Waals surface area contributed by atoms with Crippen molar-refractivity contribution in [3.8, 4) is 6.07 Å². The van der Waals surface area contributed by atoms with Crippen molar-refractivity contribution < 1.29 is 4.39 Å². The Labute approximate surface area is 93.3 Å². The molecule has 0 fully saturated rings. The molecule has 0 radical (unpaired) electrons. The van der Waals surface area contributed by atoms with Crippen LogP contribution < -0.4 is 5.01 Å². The fourth-order valence-electron chi connectivity index (χ4n) is 1.09. The van der Waals surface area contributed by atoms with E-state index in [4.69, 9.17) is 5.26 Å². The molecule has 0 unspecified atom stereocenters. The molecule has 0 bridgehead atoms. The predicted octanol–water partition coefficient (Wildman–Crippen LogP) is 2.40. The average molecular weight is 218 g/mol. The second kappa shape index (κ2) is 6.30. The number of hydrogen-bond acceptors (Lipinski definition) is 4. The molecule has 82 valence electrons. The van der Waals surface area contributed by atoms with Gasteiger partial charge in [-0.25, -0.2) is 9.99 Å². The molecule has 0 aromatic carbocycles. The number of nitriles is 1. The Hall–Kier alpha value is -2.22. The van der Waals surface area contributed by atoms with Gasteiger partial charge in [0.2, 0.25) is 0 Å². The lowest BCUT2D eigenvalue weighted by molar-refractivity contribution is 0.823. The van der Waals surface area contributed by atoms with Gasteiger partial charge in [0.25, 0.3) is 0 Å². The molecule has 5 heteroatoms. The summed E-state index contributed by atoms with van der Waals surface area (Å²) in [6.07, 6.45) is 5.11. The monoisotopic (exact) mass is 218 g/mol. The van der Waals surface area contributed by atoms with Crippen molar-refractivity contribution >= 4 is 12.3 Å². The number of pyridine rings is 1. The van der Waals surface area contributed by atoms with E-state index >= 15 is 0 Å². The molecule has 0 amide bonds. The Morgan fingerprint density at radius 3 is 2.94 bits per heavy atom. The summed E-state index contributed by atoms with van der Waals surface area (Å²) in [6, 6.07) is 5.40. The van der Waals surface area contributed by atoms with Gasteiger partial charge in [0.15, 0.2) is 12.3 Å². The number of halogens is 1. The minimum atomic E-state index is 0.150. The smallest absolute Gasteiger partial charge is 0.195 e. The molecule has 1 rings (SSSR count). The fourth-order valence-corrected chi connectivity index (χ4v) is 1.09. The SMILES string of the molecule is CCc1ccc(N(/C=C/C#N)/N=C\F)nc1. The molecule has 0 saturated heterocycles. The summed E-state index contributed by atoms with van der Waals surface area (Å²) in [4.78, 5) is 4.11. The second-order valence-electron chi connectivity index (χ2n) is 2.88. The van der Waals surface area contributed by atoms with Crippen LogP contribution in [-0.2, 0) is 6.42 Å². The van der Waals surface area contributed by atoms with Crippen LogP contribution in [0.4, 0.5) is 10.2 Å². The van der Waals surface area contributed by atoms with E-state index < -0.39 is 0 Å².